The average molecular weight is 601 g/mol. The monoisotopic (exact) mass is 600 g/mol. The minimum atomic E-state index is -2.52. The maximum atomic E-state index is 13.5. The van der Waals surface area contributed by atoms with Crippen molar-refractivity contribution in [2.45, 2.75) is 90.0 Å². The maximum absolute atomic E-state index is 13.5. The number of hydrogen-bond donors (Lipinski definition) is 2. The first-order chi connectivity index (χ1) is 20.6. The number of amides is 2. The molecule has 43 heavy (non-hydrogen) atoms. The highest BCUT2D eigenvalue weighted by Gasteiger charge is 2.35. The second-order valence-corrected chi connectivity index (χ2v) is 12.2. The molecule has 0 radical (unpaired) electrons. The van der Waals surface area contributed by atoms with Gasteiger partial charge in [0, 0.05) is 63.6 Å². The first-order valence-corrected chi connectivity index (χ1v) is 15.4. The fraction of sp³-hybridized carbons (Fsp3) is 0.667. The van der Waals surface area contributed by atoms with Crippen molar-refractivity contribution in [2.75, 3.05) is 19.8 Å². The quantitative estimate of drug-likeness (QED) is 0.421. The Morgan fingerprint density at radius 2 is 1.91 bits per heavy atom. The molecule has 6 rings (SSSR count). The first kappa shape index (κ1) is 31.0. The van der Waals surface area contributed by atoms with E-state index in [1.54, 1.807) is 21.5 Å². The lowest BCUT2D eigenvalue weighted by molar-refractivity contribution is -0.127. The van der Waals surface area contributed by atoms with E-state index in [1.165, 1.54) is 0 Å². The number of fused-ring (bicyclic) bond motifs is 1. The molecule has 0 aromatic carbocycles. The number of nitrogens with one attached hydrogen (secondary N) is 1. The number of carbonyl (C=O) groups excluding carboxylic acids is 2. The van der Waals surface area contributed by atoms with Crippen LogP contribution in [0.4, 0.5) is 8.78 Å². The van der Waals surface area contributed by atoms with E-state index in [0.717, 1.165) is 42.9 Å². The van der Waals surface area contributed by atoms with Crippen molar-refractivity contribution in [1.29, 1.82) is 0 Å². The number of primary amides is 1. The van der Waals surface area contributed by atoms with Crippen LogP contribution in [-0.2, 0) is 28.9 Å². The van der Waals surface area contributed by atoms with E-state index in [0.29, 0.717) is 62.8 Å². The molecule has 2 aliphatic heterocycles. The van der Waals surface area contributed by atoms with Gasteiger partial charge in [-0.1, -0.05) is 6.92 Å². The highest BCUT2D eigenvalue weighted by Crippen LogP contribution is 2.37. The molecule has 3 aliphatic rings. The Labute approximate surface area is 250 Å². The predicted molar refractivity (Wildman–Crippen MR) is 155 cm³/mol. The number of hydrogen-bond acceptors (Lipinski definition) is 7. The van der Waals surface area contributed by atoms with Crippen molar-refractivity contribution in [1.82, 2.24) is 34.7 Å². The fourth-order valence-electron chi connectivity index (χ4n) is 6.35. The van der Waals surface area contributed by atoms with Crippen LogP contribution in [0.2, 0.25) is 0 Å². The number of ether oxygens (including phenoxy) is 1. The van der Waals surface area contributed by atoms with E-state index in [9.17, 15) is 18.4 Å². The molecule has 2 atom stereocenters. The molecular weight excluding hydrogens is 558 g/mol. The van der Waals surface area contributed by atoms with E-state index < -0.39 is 11.8 Å². The smallest absolute Gasteiger partial charge is 0.266 e. The summed E-state index contributed by atoms with van der Waals surface area (Å²) in [5, 5.41) is 11.8. The standard InChI is InChI=1S/C24H33F2N5O2.C6H9N3O/c1-15-10-18(22(32)27-13-15)12-20-21(17-4-8-33-9-5-17)29-23-28-19(14-31(23)30-20)11-16-2-6-24(25,26)7-3-16;1-2-9-5(6(7)10)3-4-8-9/h14-18H,2-13H2,1H3,(H,27,32);3-4H,2H2,1H3,(H2,7,10). The summed E-state index contributed by atoms with van der Waals surface area (Å²) in [7, 11) is 0. The van der Waals surface area contributed by atoms with Crippen molar-refractivity contribution in [2.24, 2.45) is 23.5 Å². The van der Waals surface area contributed by atoms with Crippen molar-refractivity contribution >= 4 is 17.6 Å². The van der Waals surface area contributed by atoms with E-state index >= 15 is 0 Å². The Bertz CT molecular complexity index is 1410. The third kappa shape index (κ3) is 7.73. The Hall–Kier alpha value is -3.48. The molecule has 234 valence electrons. The number of nitrogens with zero attached hydrogens (tertiary/aromatic N) is 6. The lowest BCUT2D eigenvalue weighted by Crippen LogP contribution is -2.41. The fourth-order valence-corrected chi connectivity index (χ4v) is 6.35. The molecular formula is C30H42F2N8O3. The molecule has 3 aromatic heterocycles. The summed E-state index contributed by atoms with van der Waals surface area (Å²) in [5.74, 6) is -1.50. The summed E-state index contributed by atoms with van der Waals surface area (Å²) >= 11 is 0. The molecule has 2 saturated heterocycles. The number of rotatable bonds is 7. The summed E-state index contributed by atoms with van der Waals surface area (Å²) in [6.45, 7) is 6.85. The number of carbonyl (C=O) groups is 2. The number of alkyl halides is 2. The maximum Gasteiger partial charge on any atom is 0.266 e. The molecule has 3 N–H and O–H groups in total. The van der Waals surface area contributed by atoms with Crippen LogP contribution in [-0.4, -0.2) is 66.9 Å². The van der Waals surface area contributed by atoms with Gasteiger partial charge in [-0.2, -0.15) is 10.2 Å². The zero-order valence-corrected chi connectivity index (χ0v) is 25.0. The molecule has 1 aliphatic carbocycles. The van der Waals surface area contributed by atoms with E-state index in [1.807, 2.05) is 13.1 Å². The van der Waals surface area contributed by atoms with Gasteiger partial charge < -0.3 is 15.8 Å². The SMILES string of the molecule is CC1CNC(=O)C(Cc2nn3cc(CC4CCC(F)(F)CC4)nc3nc2C2CCOCC2)C1.CCn1nccc1C(N)=O. The van der Waals surface area contributed by atoms with Crippen LogP contribution >= 0.6 is 0 Å². The second kappa shape index (κ2) is 13.4. The zero-order valence-electron chi connectivity index (χ0n) is 25.0. The molecule has 3 fully saturated rings. The van der Waals surface area contributed by atoms with E-state index in [4.69, 9.17) is 25.5 Å². The molecule has 11 nitrogen and oxygen atoms in total. The first-order valence-electron chi connectivity index (χ1n) is 15.4. The van der Waals surface area contributed by atoms with Crippen molar-refractivity contribution in [3.05, 3.63) is 41.2 Å². The zero-order chi connectivity index (χ0) is 30.6. The van der Waals surface area contributed by atoms with Gasteiger partial charge in [-0.25, -0.2) is 23.3 Å². The van der Waals surface area contributed by atoms with Crippen LogP contribution in [0, 0.1) is 17.8 Å². The van der Waals surface area contributed by atoms with E-state index in [2.05, 4.69) is 17.3 Å². The number of nitrogens with two attached hydrogens (primary N) is 1. The Morgan fingerprint density at radius 1 is 1.16 bits per heavy atom. The minimum Gasteiger partial charge on any atom is -0.381 e. The highest BCUT2D eigenvalue weighted by molar-refractivity contribution is 5.90. The van der Waals surface area contributed by atoms with Gasteiger partial charge in [0.25, 0.3) is 11.7 Å². The number of halogens is 2. The van der Waals surface area contributed by atoms with E-state index in [-0.39, 0.29) is 36.5 Å². The van der Waals surface area contributed by atoms with Gasteiger partial charge in [0.15, 0.2) is 0 Å². The van der Waals surface area contributed by atoms with Crippen molar-refractivity contribution in [3.8, 4) is 0 Å². The third-order valence-corrected chi connectivity index (χ3v) is 8.80. The summed E-state index contributed by atoms with van der Waals surface area (Å²) in [6, 6.07) is 1.60. The topological polar surface area (TPSA) is 142 Å². The number of aromatic nitrogens is 6. The number of imidazole rings is 1. The van der Waals surface area contributed by atoms with Crippen LogP contribution < -0.4 is 11.1 Å². The average Bonchev–Trinajstić information content (AvgIpc) is 3.63. The van der Waals surface area contributed by atoms with Crippen LogP contribution in [0.5, 0.6) is 0 Å². The minimum absolute atomic E-state index is 0.0402. The summed E-state index contributed by atoms with van der Waals surface area (Å²) in [4.78, 5) is 32.8. The summed E-state index contributed by atoms with van der Waals surface area (Å²) in [6.07, 6.45) is 8.26. The third-order valence-electron chi connectivity index (χ3n) is 8.80. The van der Waals surface area contributed by atoms with Gasteiger partial charge in [0.2, 0.25) is 11.8 Å². The predicted octanol–water partition coefficient (Wildman–Crippen LogP) is 3.70. The molecule has 2 amide bonds. The number of aryl methyl sites for hydroxylation is 1. The van der Waals surface area contributed by atoms with Gasteiger partial charge >= 0.3 is 0 Å². The molecule has 2 unspecified atom stereocenters. The van der Waals surface area contributed by atoms with Crippen molar-refractivity contribution in [3.63, 3.8) is 0 Å². The summed E-state index contributed by atoms with van der Waals surface area (Å²) < 4.78 is 35.9. The normalized spacial score (nSPS) is 23.0. The number of piperidine rings is 1. The van der Waals surface area contributed by atoms with Crippen LogP contribution in [0.15, 0.2) is 18.5 Å². The van der Waals surface area contributed by atoms with Gasteiger partial charge in [0.1, 0.15) is 5.69 Å². The largest absolute Gasteiger partial charge is 0.381 e. The molecule has 0 spiro atoms. The second-order valence-electron chi connectivity index (χ2n) is 12.2. The Morgan fingerprint density at radius 3 is 2.58 bits per heavy atom. The lowest BCUT2D eigenvalue weighted by Gasteiger charge is -2.28. The highest BCUT2D eigenvalue weighted by atomic mass is 19.3. The summed E-state index contributed by atoms with van der Waals surface area (Å²) in [5.41, 5.74) is 8.15. The Balaban J connectivity index is 0.000000314. The van der Waals surface area contributed by atoms with Crippen LogP contribution in [0.3, 0.4) is 0 Å². The molecule has 13 heteroatoms. The molecule has 3 aromatic rings. The molecule has 0 bridgehead atoms. The van der Waals surface area contributed by atoms with Gasteiger partial charge in [-0.3, -0.25) is 14.3 Å². The Kier molecular flexibility index (Phi) is 9.68. The van der Waals surface area contributed by atoms with Crippen molar-refractivity contribution < 1.29 is 23.1 Å². The van der Waals surface area contributed by atoms with Crippen LogP contribution in [0.25, 0.3) is 5.78 Å². The van der Waals surface area contributed by atoms with Gasteiger partial charge in [0.05, 0.1) is 23.3 Å². The van der Waals surface area contributed by atoms with Crippen LogP contribution in [0.1, 0.15) is 92.3 Å². The molecule has 1 saturated carbocycles. The molecule has 5 heterocycles. The lowest BCUT2D eigenvalue weighted by atomic mass is 9.84. The van der Waals surface area contributed by atoms with Gasteiger partial charge in [-0.15, -0.1) is 0 Å². The van der Waals surface area contributed by atoms with Gasteiger partial charge in [-0.05, 0) is 63.4 Å².